The Balaban J connectivity index is 1.92. The Kier molecular flexibility index (Phi) is 6.53. The van der Waals surface area contributed by atoms with Gasteiger partial charge in [0.15, 0.2) is 0 Å². The second-order valence-electron chi connectivity index (χ2n) is 8.14. The zero-order valence-corrected chi connectivity index (χ0v) is 20.4. The van der Waals surface area contributed by atoms with Gasteiger partial charge in [0, 0.05) is 11.1 Å². The number of hydrogen-bond donors (Lipinski definition) is 0. The summed E-state index contributed by atoms with van der Waals surface area (Å²) in [5, 5.41) is 4.04. The van der Waals surface area contributed by atoms with Gasteiger partial charge in [0.1, 0.15) is 0 Å². The van der Waals surface area contributed by atoms with Crippen LogP contribution >= 0.6 is 6.89 Å². The molecule has 0 fully saturated rings. The third kappa shape index (κ3) is 4.17. The minimum atomic E-state index is -2.52. The summed E-state index contributed by atoms with van der Waals surface area (Å²) in [6, 6.07) is 39.0. The van der Waals surface area contributed by atoms with Crippen molar-refractivity contribution in [3.05, 3.63) is 132 Å². The summed E-state index contributed by atoms with van der Waals surface area (Å²) in [6.45, 7) is -0.357. The van der Waals surface area contributed by atoms with Gasteiger partial charge in [-0.05, 0) is 53.5 Å². The molecule has 0 saturated heterocycles. The molecule has 35 heavy (non-hydrogen) atoms. The third-order valence-electron chi connectivity index (χ3n) is 6.08. The van der Waals surface area contributed by atoms with Crippen molar-refractivity contribution in [3.8, 4) is 11.8 Å². The summed E-state index contributed by atoms with van der Waals surface area (Å²) in [4.78, 5) is 13.7. The fourth-order valence-corrected chi connectivity index (χ4v) is 9.05. The van der Waals surface area contributed by atoms with Crippen LogP contribution < -0.4 is 15.9 Å². The highest BCUT2D eigenvalue weighted by molar-refractivity contribution is 7.97. The number of rotatable bonds is 4. The quantitative estimate of drug-likeness (QED) is 0.233. The Morgan fingerprint density at radius 1 is 0.714 bits per heavy atom. The summed E-state index contributed by atoms with van der Waals surface area (Å²) >= 11 is 0. The molecule has 3 heteroatoms. The minimum Gasteiger partial charge on any atom is -0.462 e. The molecule has 0 unspecified atom stereocenters. The van der Waals surface area contributed by atoms with Crippen LogP contribution in [0.5, 0.6) is 0 Å². The largest absolute Gasteiger partial charge is 0.462 e. The molecule has 0 amide bonds. The van der Waals surface area contributed by atoms with E-state index in [1.165, 1.54) is 0 Å². The predicted octanol–water partition coefficient (Wildman–Crippen LogP) is 5.16. The van der Waals surface area contributed by atoms with Crippen molar-refractivity contribution in [2.24, 2.45) is 0 Å². The number of allylic oxidation sites excluding steroid dienone is 1. The van der Waals surface area contributed by atoms with Crippen LogP contribution in [0.15, 0.2) is 121 Å². The van der Waals surface area contributed by atoms with Gasteiger partial charge < -0.3 is 4.74 Å². The fourth-order valence-electron chi connectivity index (χ4n) is 4.61. The standard InChI is InChI=1S/C32H25O2P/c1-2-34-32(33)31-24-26(23-22-25-14-6-3-7-15-25)29-20-12-13-21-30(29)35(31,27-16-8-4-9-17-27)28-18-10-5-11-19-28/h3-21,24H,2H2,1H3. The summed E-state index contributed by atoms with van der Waals surface area (Å²) in [7, 11) is 0. The van der Waals surface area contributed by atoms with Crippen LogP contribution in [-0.4, -0.2) is 17.9 Å². The van der Waals surface area contributed by atoms with Crippen LogP contribution in [0.25, 0.3) is 5.57 Å². The summed E-state index contributed by atoms with van der Waals surface area (Å²) in [5.74, 6) is 6.35. The van der Waals surface area contributed by atoms with Crippen molar-refractivity contribution in [2.45, 2.75) is 6.92 Å². The maximum absolute atomic E-state index is 13.7. The highest BCUT2D eigenvalue weighted by Gasteiger charge is 2.37. The smallest absolute Gasteiger partial charge is 0.339 e. The summed E-state index contributed by atoms with van der Waals surface area (Å²) < 4.78 is 5.66. The maximum Gasteiger partial charge on any atom is 0.339 e. The van der Waals surface area contributed by atoms with Crippen LogP contribution in [0.1, 0.15) is 18.1 Å². The second kappa shape index (κ2) is 10.1. The van der Waals surface area contributed by atoms with Crippen molar-refractivity contribution in [3.63, 3.8) is 0 Å². The lowest BCUT2D eigenvalue weighted by Crippen LogP contribution is -2.37. The second-order valence-corrected chi connectivity index (χ2v) is 11.5. The molecule has 0 N–H and O–H groups in total. The highest BCUT2D eigenvalue weighted by atomic mass is 31.2. The minimum absolute atomic E-state index is 0.290. The first kappa shape index (κ1) is 22.7. The molecule has 4 aromatic rings. The predicted molar refractivity (Wildman–Crippen MR) is 148 cm³/mol. The SMILES string of the molecule is CCOC(=O)C1=P(c2ccccc2)(c2ccccc2)c2ccccc2C(C#Cc2ccccc2)=C1. The van der Waals surface area contributed by atoms with Crippen LogP contribution in [0.3, 0.4) is 0 Å². The zero-order valence-electron chi connectivity index (χ0n) is 19.5. The lowest BCUT2D eigenvalue weighted by Gasteiger charge is -2.35. The molecule has 1 aliphatic rings. The first-order valence-electron chi connectivity index (χ1n) is 11.7. The molecule has 1 heterocycles. The van der Waals surface area contributed by atoms with E-state index in [9.17, 15) is 4.79 Å². The van der Waals surface area contributed by atoms with E-state index in [1.54, 1.807) is 0 Å². The van der Waals surface area contributed by atoms with E-state index >= 15 is 0 Å². The number of benzene rings is 4. The van der Waals surface area contributed by atoms with Gasteiger partial charge in [0.05, 0.1) is 11.9 Å². The van der Waals surface area contributed by atoms with Crippen molar-refractivity contribution >= 4 is 39.6 Å². The number of carbonyl (C=O) groups is 1. The molecule has 170 valence electrons. The van der Waals surface area contributed by atoms with Gasteiger partial charge in [0.25, 0.3) is 0 Å². The average molecular weight is 473 g/mol. The van der Waals surface area contributed by atoms with Gasteiger partial charge >= 0.3 is 5.97 Å². The molecule has 1 aliphatic heterocycles. The Hall–Kier alpha value is -4.05. The van der Waals surface area contributed by atoms with Gasteiger partial charge in [-0.1, -0.05) is 115 Å². The molecule has 0 atom stereocenters. The van der Waals surface area contributed by atoms with Crippen LogP contribution in [0.2, 0.25) is 0 Å². The molecular weight excluding hydrogens is 447 g/mol. The first-order chi connectivity index (χ1) is 17.2. The molecule has 0 saturated carbocycles. The van der Waals surface area contributed by atoms with E-state index in [-0.39, 0.29) is 5.97 Å². The number of esters is 1. The van der Waals surface area contributed by atoms with Crippen molar-refractivity contribution in [2.75, 3.05) is 6.61 Å². The molecule has 4 aromatic carbocycles. The monoisotopic (exact) mass is 472 g/mol. The number of hydrogen-bond acceptors (Lipinski definition) is 2. The van der Waals surface area contributed by atoms with Gasteiger partial charge in [-0.25, -0.2) is 4.79 Å². The van der Waals surface area contributed by atoms with Crippen molar-refractivity contribution in [1.29, 1.82) is 0 Å². The van der Waals surface area contributed by atoms with Crippen LogP contribution in [0, 0.1) is 11.8 Å². The lowest BCUT2D eigenvalue weighted by molar-refractivity contribution is -0.134. The van der Waals surface area contributed by atoms with E-state index < -0.39 is 6.89 Å². The van der Waals surface area contributed by atoms with E-state index in [0.717, 1.165) is 32.6 Å². The molecule has 0 radical (unpaired) electrons. The van der Waals surface area contributed by atoms with Crippen LogP contribution in [0.4, 0.5) is 0 Å². The van der Waals surface area contributed by atoms with Crippen molar-refractivity contribution in [1.82, 2.24) is 0 Å². The fraction of sp³-hybridized carbons (Fsp3) is 0.0625. The Morgan fingerprint density at radius 3 is 1.86 bits per heavy atom. The normalized spacial score (nSPS) is 13.6. The van der Waals surface area contributed by atoms with E-state index in [2.05, 4.69) is 54.3 Å². The summed E-state index contributed by atoms with van der Waals surface area (Å²) in [5.41, 5.74) is 2.82. The Morgan fingerprint density at radius 2 is 1.26 bits per heavy atom. The molecule has 2 nitrogen and oxygen atoms in total. The number of ether oxygens (including phenoxy) is 1. The molecular formula is C32H25O2P. The molecule has 0 aliphatic carbocycles. The average Bonchev–Trinajstić information content (AvgIpc) is 2.93. The van der Waals surface area contributed by atoms with Gasteiger partial charge in [-0.2, -0.15) is 0 Å². The van der Waals surface area contributed by atoms with Crippen LogP contribution in [-0.2, 0) is 9.53 Å². The summed E-state index contributed by atoms with van der Waals surface area (Å²) in [6.07, 6.45) is 1.98. The van der Waals surface area contributed by atoms with E-state index in [0.29, 0.717) is 11.9 Å². The molecule has 0 bridgehead atoms. The van der Waals surface area contributed by atoms with Gasteiger partial charge in [-0.3, -0.25) is 0 Å². The van der Waals surface area contributed by atoms with Gasteiger partial charge in [-0.15, -0.1) is 0 Å². The highest BCUT2D eigenvalue weighted by Crippen LogP contribution is 2.50. The molecule has 0 spiro atoms. The lowest BCUT2D eigenvalue weighted by atomic mass is 10.0. The Labute approximate surface area is 206 Å². The van der Waals surface area contributed by atoms with E-state index in [1.807, 2.05) is 85.8 Å². The molecule has 5 rings (SSSR count). The first-order valence-corrected chi connectivity index (χ1v) is 13.5. The number of fused-ring (bicyclic) bond motifs is 1. The molecule has 0 aromatic heterocycles. The van der Waals surface area contributed by atoms with Gasteiger partial charge in [0.2, 0.25) is 0 Å². The number of carbonyl (C=O) groups excluding carboxylic acids is 1. The Bertz CT molecular complexity index is 1460. The van der Waals surface area contributed by atoms with Crippen molar-refractivity contribution < 1.29 is 9.53 Å². The zero-order chi connectivity index (χ0) is 24.1. The maximum atomic E-state index is 13.7. The third-order valence-corrected chi connectivity index (χ3v) is 10.4. The van der Waals surface area contributed by atoms with E-state index in [4.69, 9.17) is 4.74 Å². The topological polar surface area (TPSA) is 26.3 Å².